The zero-order valence-electron chi connectivity index (χ0n) is 9.21. The van der Waals surface area contributed by atoms with Gasteiger partial charge in [-0.2, -0.15) is 0 Å². The second-order valence-electron chi connectivity index (χ2n) is 4.35. The molecule has 0 unspecified atom stereocenters. The average molecular weight is 199 g/mol. The smallest absolute Gasteiger partial charge is 0.323 e. The third-order valence-corrected chi connectivity index (χ3v) is 2.53. The Kier molecular flexibility index (Phi) is 4.94. The Hall–Kier alpha value is -0.570. The van der Waals surface area contributed by atoms with Gasteiger partial charge in [0.2, 0.25) is 0 Å². The summed E-state index contributed by atoms with van der Waals surface area (Å²) in [6, 6.07) is -0.0455. The van der Waals surface area contributed by atoms with Crippen LogP contribution in [0.25, 0.3) is 0 Å². The van der Waals surface area contributed by atoms with Crippen LogP contribution >= 0.6 is 0 Å². The molecular weight excluding hydrogens is 178 g/mol. The fourth-order valence-corrected chi connectivity index (χ4v) is 1.55. The van der Waals surface area contributed by atoms with E-state index in [9.17, 15) is 4.79 Å². The van der Waals surface area contributed by atoms with Crippen LogP contribution in [0, 0.1) is 5.92 Å². The van der Waals surface area contributed by atoms with Crippen molar-refractivity contribution in [3.8, 4) is 0 Å². The minimum absolute atomic E-state index is 0.0455. The van der Waals surface area contributed by atoms with Crippen molar-refractivity contribution >= 4 is 5.97 Å². The van der Waals surface area contributed by atoms with Gasteiger partial charge >= 0.3 is 5.97 Å². The Bertz CT molecular complexity index is 174. The summed E-state index contributed by atoms with van der Waals surface area (Å²) in [5.41, 5.74) is 0. The molecule has 1 aliphatic rings. The summed E-state index contributed by atoms with van der Waals surface area (Å²) in [6.07, 6.45) is 4.20. The summed E-state index contributed by atoms with van der Waals surface area (Å²) in [5, 5.41) is 3.18. The number of nitrogens with one attached hydrogen (secondary N) is 1. The van der Waals surface area contributed by atoms with E-state index in [2.05, 4.69) is 19.2 Å². The Morgan fingerprint density at radius 1 is 1.50 bits per heavy atom. The molecule has 0 spiro atoms. The predicted molar refractivity (Wildman–Crippen MR) is 56.1 cm³/mol. The van der Waals surface area contributed by atoms with Gasteiger partial charge in [0.1, 0.15) is 6.04 Å². The Balaban J connectivity index is 2.13. The topological polar surface area (TPSA) is 38.3 Å². The molecule has 1 rings (SSSR count). The summed E-state index contributed by atoms with van der Waals surface area (Å²) in [4.78, 5) is 11.5. The fourth-order valence-electron chi connectivity index (χ4n) is 1.55. The van der Waals surface area contributed by atoms with E-state index < -0.39 is 0 Å². The quantitative estimate of drug-likeness (QED) is 0.701. The van der Waals surface area contributed by atoms with Crippen molar-refractivity contribution in [3.05, 3.63) is 0 Å². The summed E-state index contributed by atoms with van der Waals surface area (Å²) < 4.78 is 5.19. The van der Waals surface area contributed by atoms with Gasteiger partial charge in [-0.1, -0.05) is 20.3 Å². The third kappa shape index (κ3) is 4.09. The van der Waals surface area contributed by atoms with Crippen LogP contribution in [0.15, 0.2) is 0 Å². The molecule has 14 heavy (non-hydrogen) atoms. The first-order valence-corrected chi connectivity index (χ1v) is 5.60. The maximum absolute atomic E-state index is 11.5. The molecule has 0 aromatic carbocycles. The largest absolute Gasteiger partial charge is 0.465 e. The van der Waals surface area contributed by atoms with Gasteiger partial charge in [-0.25, -0.2) is 0 Å². The monoisotopic (exact) mass is 199 g/mol. The molecular formula is C11H21NO2. The molecule has 0 bridgehead atoms. The number of carbonyl (C=O) groups excluding carboxylic acids is 1. The van der Waals surface area contributed by atoms with Crippen LogP contribution in [0.5, 0.6) is 0 Å². The molecule has 3 heteroatoms. The maximum atomic E-state index is 11.5. The van der Waals surface area contributed by atoms with Crippen molar-refractivity contribution in [2.24, 2.45) is 5.92 Å². The van der Waals surface area contributed by atoms with Crippen molar-refractivity contribution in [1.82, 2.24) is 5.32 Å². The van der Waals surface area contributed by atoms with E-state index >= 15 is 0 Å². The van der Waals surface area contributed by atoms with Crippen LogP contribution in [-0.4, -0.2) is 25.2 Å². The number of rotatable bonds is 4. The first kappa shape index (κ1) is 11.5. The highest BCUT2D eigenvalue weighted by atomic mass is 16.5. The van der Waals surface area contributed by atoms with Crippen molar-refractivity contribution in [1.29, 1.82) is 0 Å². The Morgan fingerprint density at radius 2 is 2.29 bits per heavy atom. The molecule has 1 heterocycles. The Morgan fingerprint density at radius 3 is 2.86 bits per heavy atom. The summed E-state index contributed by atoms with van der Waals surface area (Å²) >= 11 is 0. The van der Waals surface area contributed by atoms with Gasteiger partial charge in [-0.3, -0.25) is 4.79 Å². The highest BCUT2D eigenvalue weighted by Gasteiger charge is 2.21. The molecule has 1 N–H and O–H groups in total. The third-order valence-electron chi connectivity index (χ3n) is 2.53. The minimum atomic E-state index is -0.0645. The van der Waals surface area contributed by atoms with E-state index in [4.69, 9.17) is 4.74 Å². The molecule has 0 amide bonds. The molecule has 1 saturated heterocycles. The standard InChI is InChI=1S/C11H21NO2/c1-9(2)6-8-14-11(13)10-5-3-4-7-12-10/h9-10,12H,3-8H2,1-2H3/t10-/m0/s1. The van der Waals surface area contributed by atoms with Crippen molar-refractivity contribution in [2.45, 2.75) is 45.6 Å². The number of piperidine rings is 1. The van der Waals surface area contributed by atoms with Crippen molar-refractivity contribution < 1.29 is 9.53 Å². The van der Waals surface area contributed by atoms with Gasteiger partial charge in [0, 0.05) is 0 Å². The normalized spacial score (nSPS) is 22.4. The van der Waals surface area contributed by atoms with Gasteiger partial charge in [0.25, 0.3) is 0 Å². The summed E-state index contributed by atoms with van der Waals surface area (Å²) in [7, 11) is 0. The van der Waals surface area contributed by atoms with E-state index in [-0.39, 0.29) is 12.0 Å². The van der Waals surface area contributed by atoms with Crippen LogP contribution in [0.1, 0.15) is 39.5 Å². The van der Waals surface area contributed by atoms with Crippen LogP contribution < -0.4 is 5.32 Å². The number of hydrogen-bond donors (Lipinski definition) is 1. The first-order chi connectivity index (χ1) is 6.70. The summed E-state index contributed by atoms with van der Waals surface area (Å²) in [6.45, 7) is 5.78. The highest BCUT2D eigenvalue weighted by Crippen LogP contribution is 2.09. The van der Waals surface area contributed by atoms with Crippen LogP contribution in [0.3, 0.4) is 0 Å². The molecule has 1 fully saturated rings. The molecule has 3 nitrogen and oxygen atoms in total. The van der Waals surface area contributed by atoms with E-state index in [0.717, 1.165) is 25.8 Å². The Labute approximate surface area is 86.2 Å². The van der Waals surface area contributed by atoms with Gasteiger partial charge in [0.05, 0.1) is 6.61 Å². The molecule has 0 aromatic heterocycles. The minimum Gasteiger partial charge on any atom is -0.465 e. The van der Waals surface area contributed by atoms with Crippen molar-refractivity contribution in [3.63, 3.8) is 0 Å². The second kappa shape index (κ2) is 6.02. The number of carbonyl (C=O) groups is 1. The lowest BCUT2D eigenvalue weighted by Crippen LogP contribution is -2.41. The zero-order chi connectivity index (χ0) is 10.4. The lowest BCUT2D eigenvalue weighted by Gasteiger charge is -2.21. The lowest BCUT2D eigenvalue weighted by molar-refractivity contribution is -0.147. The predicted octanol–water partition coefficient (Wildman–Crippen LogP) is 1.72. The molecule has 82 valence electrons. The lowest BCUT2D eigenvalue weighted by atomic mass is 10.1. The van der Waals surface area contributed by atoms with E-state index in [1.165, 1.54) is 6.42 Å². The number of hydrogen-bond acceptors (Lipinski definition) is 3. The molecule has 1 aliphatic heterocycles. The number of esters is 1. The molecule has 0 aromatic rings. The highest BCUT2D eigenvalue weighted by molar-refractivity contribution is 5.75. The second-order valence-corrected chi connectivity index (χ2v) is 4.35. The molecule has 1 atom stereocenters. The van der Waals surface area contributed by atoms with Gasteiger partial charge in [-0.15, -0.1) is 0 Å². The average Bonchev–Trinajstić information content (AvgIpc) is 2.18. The van der Waals surface area contributed by atoms with Crippen LogP contribution in [0.2, 0.25) is 0 Å². The zero-order valence-corrected chi connectivity index (χ0v) is 9.21. The van der Waals surface area contributed by atoms with E-state index in [1.807, 2.05) is 0 Å². The molecule has 0 saturated carbocycles. The first-order valence-electron chi connectivity index (χ1n) is 5.60. The number of ether oxygens (including phenoxy) is 1. The maximum Gasteiger partial charge on any atom is 0.323 e. The van der Waals surface area contributed by atoms with Crippen LogP contribution in [0.4, 0.5) is 0 Å². The fraction of sp³-hybridized carbons (Fsp3) is 0.909. The SMILES string of the molecule is CC(C)CCOC(=O)[C@@H]1CCCCN1. The molecule has 0 radical (unpaired) electrons. The van der Waals surface area contributed by atoms with Gasteiger partial charge in [-0.05, 0) is 31.7 Å². The van der Waals surface area contributed by atoms with Crippen molar-refractivity contribution in [2.75, 3.05) is 13.2 Å². The van der Waals surface area contributed by atoms with Crippen LogP contribution in [-0.2, 0) is 9.53 Å². The van der Waals surface area contributed by atoms with E-state index in [0.29, 0.717) is 12.5 Å². The van der Waals surface area contributed by atoms with E-state index in [1.54, 1.807) is 0 Å². The van der Waals surface area contributed by atoms with Gasteiger partial charge < -0.3 is 10.1 Å². The molecule has 0 aliphatic carbocycles. The summed E-state index contributed by atoms with van der Waals surface area (Å²) in [5.74, 6) is 0.535. The van der Waals surface area contributed by atoms with Gasteiger partial charge in [0.15, 0.2) is 0 Å².